The molecule has 0 saturated heterocycles. The van der Waals surface area contributed by atoms with Crippen LogP contribution in [-0.2, 0) is 37.5 Å². The Kier molecular flexibility index (Phi) is 28.1. The molecule has 1 unspecified atom stereocenters. The van der Waals surface area contributed by atoms with Crippen molar-refractivity contribution in [3.63, 3.8) is 0 Å². The largest absolute Gasteiger partial charge is 0.756 e. The number of hydrogen-bond acceptors (Lipinski definition) is 9. The highest BCUT2D eigenvalue weighted by Gasteiger charge is 2.21. The van der Waals surface area contributed by atoms with Gasteiger partial charge in [-0.3, -0.25) is 18.9 Å². The van der Waals surface area contributed by atoms with Gasteiger partial charge in [0.15, 0.2) is 6.10 Å². The Balaban J connectivity index is 4.40. The van der Waals surface area contributed by atoms with Crippen LogP contribution in [0, 0.1) is 0 Å². The highest BCUT2D eigenvalue weighted by atomic mass is 31.2. The number of phosphoric ester groups is 1. The Morgan fingerprint density at radius 3 is 1.72 bits per heavy atom. The number of rotatable bonds is 33. The van der Waals surface area contributed by atoms with Crippen molar-refractivity contribution in [2.24, 2.45) is 0 Å². The maximum absolute atomic E-state index is 12.4. The van der Waals surface area contributed by atoms with E-state index in [1.165, 1.54) is 44.9 Å². The summed E-state index contributed by atoms with van der Waals surface area (Å²) in [6.45, 7) is 1.78. The molecular formula is C35H66NO10P. The van der Waals surface area contributed by atoms with E-state index in [9.17, 15) is 23.8 Å². The number of unbranched alkanes of at least 4 members (excludes halogenated alkanes) is 15. The first-order chi connectivity index (χ1) is 22.3. The Hall–Kier alpha value is -1.78. The zero-order valence-electron chi connectivity index (χ0n) is 29.9. The van der Waals surface area contributed by atoms with E-state index in [1.54, 1.807) is 0 Å². The molecule has 0 aromatic rings. The number of carbonyl (C=O) groups is 3. The normalized spacial score (nSPS) is 13.8. The molecule has 12 heteroatoms. The Bertz CT molecular complexity index is 890. The lowest BCUT2D eigenvalue weighted by Crippen LogP contribution is -2.37. The third kappa shape index (κ3) is 33.9. The third-order valence-corrected chi connectivity index (χ3v) is 8.54. The van der Waals surface area contributed by atoms with Crippen LogP contribution >= 0.6 is 7.82 Å². The highest BCUT2D eigenvalue weighted by molar-refractivity contribution is 7.45. The Labute approximate surface area is 285 Å². The average molecular weight is 692 g/mol. The quantitative estimate of drug-likeness (QED) is 0.0241. The van der Waals surface area contributed by atoms with Crippen LogP contribution in [-0.4, -0.2) is 81.1 Å². The SMILES string of the molecule is CCCCCCCC/C=C\CCCCCCCC(=O)OC[C@H](COP(=O)([O-])OCC[N+](C)(C)C)OC(=O)CCCCCCCC(=O)O. The Morgan fingerprint density at radius 1 is 0.702 bits per heavy atom. The number of esters is 2. The van der Waals surface area contributed by atoms with Crippen LogP contribution < -0.4 is 4.89 Å². The van der Waals surface area contributed by atoms with E-state index >= 15 is 0 Å². The maximum atomic E-state index is 12.4. The number of phosphoric acid groups is 1. The molecule has 0 radical (unpaired) electrons. The van der Waals surface area contributed by atoms with Crippen LogP contribution in [0.2, 0.25) is 0 Å². The lowest BCUT2D eigenvalue weighted by Gasteiger charge is -2.28. The number of aliphatic carboxylic acids is 1. The molecule has 0 aliphatic heterocycles. The van der Waals surface area contributed by atoms with Gasteiger partial charge in [0.05, 0.1) is 27.7 Å². The van der Waals surface area contributed by atoms with Gasteiger partial charge in [-0.1, -0.05) is 89.7 Å². The molecule has 2 atom stereocenters. The summed E-state index contributed by atoms with van der Waals surface area (Å²) in [7, 11) is 1.05. The van der Waals surface area contributed by atoms with Crippen molar-refractivity contribution in [2.75, 3.05) is 47.5 Å². The number of carboxylic acids is 1. The predicted octanol–water partition coefficient (Wildman–Crippen LogP) is 7.50. The first-order valence-corrected chi connectivity index (χ1v) is 19.4. The van der Waals surface area contributed by atoms with Crippen LogP contribution in [0.5, 0.6) is 0 Å². The van der Waals surface area contributed by atoms with Crippen molar-refractivity contribution in [3.05, 3.63) is 12.2 Å². The minimum absolute atomic E-state index is 0.0634. The number of ether oxygens (including phenoxy) is 2. The van der Waals surface area contributed by atoms with E-state index in [2.05, 4.69) is 19.1 Å². The number of quaternary nitrogens is 1. The molecule has 0 bridgehead atoms. The third-order valence-electron chi connectivity index (χ3n) is 7.57. The summed E-state index contributed by atoms with van der Waals surface area (Å²) in [6.07, 6.45) is 22.4. The summed E-state index contributed by atoms with van der Waals surface area (Å²) in [6, 6.07) is 0. The monoisotopic (exact) mass is 691 g/mol. The first-order valence-electron chi connectivity index (χ1n) is 18.0. The van der Waals surface area contributed by atoms with Gasteiger partial charge in [0.1, 0.15) is 19.8 Å². The van der Waals surface area contributed by atoms with Crippen molar-refractivity contribution in [2.45, 2.75) is 148 Å². The smallest absolute Gasteiger partial charge is 0.306 e. The van der Waals surface area contributed by atoms with Gasteiger partial charge < -0.3 is 33.0 Å². The molecule has 0 amide bonds. The van der Waals surface area contributed by atoms with E-state index < -0.39 is 38.4 Å². The molecule has 0 heterocycles. The fourth-order valence-electron chi connectivity index (χ4n) is 4.67. The van der Waals surface area contributed by atoms with E-state index in [-0.39, 0.29) is 32.5 Å². The van der Waals surface area contributed by atoms with E-state index in [0.717, 1.165) is 51.4 Å². The van der Waals surface area contributed by atoms with E-state index in [0.29, 0.717) is 30.3 Å². The number of nitrogens with zero attached hydrogens (tertiary/aromatic N) is 1. The second-order valence-corrected chi connectivity index (χ2v) is 14.8. The standard InChI is InChI=1S/C35H66NO10P/c1-5-6-7-8-9-10-11-12-13-14-15-16-17-20-23-26-34(39)43-30-32(31-45-47(41,42)44-29-28-36(2,3)4)46-35(40)27-24-21-18-19-22-25-33(37)38/h12-13,32H,5-11,14-31H2,1-4H3,(H-,37,38,41,42)/b13-12-/t32-/m1/s1. The molecule has 0 spiro atoms. The number of hydrogen-bond donors (Lipinski definition) is 1. The molecule has 47 heavy (non-hydrogen) atoms. The Morgan fingerprint density at radius 2 is 1.19 bits per heavy atom. The van der Waals surface area contributed by atoms with Gasteiger partial charge in [-0.05, 0) is 44.9 Å². The molecule has 0 aliphatic carbocycles. The summed E-state index contributed by atoms with van der Waals surface area (Å²) in [5.74, 6) is -1.81. The fourth-order valence-corrected chi connectivity index (χ4v) is 5.40. The number of carboxylic acid groups (broad SMARTS) is 1. The van der Waals surface area contributed by atoms with Crippen molar-refractivity contribution in [1.29, 1.82) is 0 Å². The lowest BCUT2D eigenvalue weighted by molar-refractivity contribution is -0.870. The summed E-state index contributed by atoms with van der Waals surface area (Å²) in [5, 5.41) is 8.70. The zero-order chi connectivity index (χ0) is 35.2. The molecule has 11 nitrogen and oxygen atoms in total. The summed E-state index contributed by atoms with van der Waals surface area (Å²) < 4.78 is 33.4. The van der Waals surface area contributed by atoms with Gasteiger partial charge in [-0.2, -0.15) is 0 Å². The van der Waals surface area contributed by atoms with Gasteiger partial charge >= 0.3 is 17.9 Å². The molecular weight excluding hydrogens is 625 g/mol. The minimum Gasteiger partial charge on any atom is -0.756 e. The van der Waals surface area contributed by atoms with Crippen molar-refractivity contribution in [1.82, 2.24) is 0 Å². The highest BCUT2D eigenvalue weighted by Crippen LogP contribution is 2.38. The van der Waals surface area contributed by atoms with Crippen LogP contribution in [0.4, 0.5) is 0 Å². The van der Waals surface area contributed by atoms with Crippen molar-refractivity contribution < 1.29 is 52.0 Å². The van der Waals surface area contributed by atoms with Crippen LogP contribution in [0.15, 0.2) is 12.2 Å². The summed E-state index contributed by atoms with van der Waals surface area (Å²) in [4.78, 5) is 47.6. The van der Waals surface area contributed by atoms with Gasteiger partial charge in [0, 0.05) is 19.3 Å². The number of likely N-dealkylation sites (N-methyl/N-ethyl adjacent to an activating group) is 1. The second-order valence-electron chi connectivity index (χ2n) is 13.4. The van der Waals surface area contributed by atoms with Crippen molar-refractivity contribution in [3.8, 4) is 0 Å². The van der Waals surface area contributed by atoms with Gasteiger partial charge in [0.25, 0.3) is 7.82 Å². The molecule has 276 valence electrons. The van der Waals surface area contributed by atoms with E-state index in [1.807, 2.05) is 21.1 Å². The van der Waals surface area contributed by atoms with Crippen molar-refractivity contribution >= 4 is 25.7 Å². The summed E-state index contributed by atoms with van der Waals surface area (Å²) in [5.41, 5.74) is 0. The van der Waals surface area contributed by atoms with Gasteiger partial charge in [-0.25, -0.2) is 0 Å². The van der Waals surface area contributed by atoms with E-state index in [4.69, 9.17) is 23.6 Å². The summed E-state index contributed by atoms with van der Waals surface area (Å²) >= 11 is 0. The molecule has 0 aromatic heterocycles. The lowest BCUT2D eigenvalue weighted by atomic mass is 10.1. The van der Waals surface area contributed by atoms with Crippen LogP contribution in [0.25, 0.3) is 0 Å². The minimum atomic E-state index is -4.65. The maximum Gasteiger partial charge on any atom is 0.306 e. The second kappa shape index (κ2) is 29.2. The molecule has 1 N–H and O–H groups in total. The zero-order valence-corrected chi connectivity index (χ0v) is 30.8. The average Bonchev–Trinajstić information content (AvgIpc) is 2.99. The first kappa shape index (κ1) is 45.2. The van der Waals surface area contributed by atoms with Gasteiger partial charge in [-0.15, -0.1) is 0 Å². The number of carbonyl (C=O) groups excluding carboxylic acids is 2. The fraction of sp³-hybridized carbons (Fsp3) is 0.857. The number of allylic oxidation sites excluding steroid dienone is 2. The van der Waals surface area contributed by atoms with Crippen LogP contribution in [0.3, 0.4) is 0 Å². The molecule has 0 fully saturated rings. The van der Waals surface area contributed by atoms with Gasteiger partial charge in [0.2, 0.25) is 0 Å². The molecule has 0 aliphatic rings. The molecule has 0 aromatic carbocycles. The topological polar surface area (TPSA) is 148 Å². The van der Waals surface area contributed by atoms with Crippen LogP contribution in [0.1, 0.15) is 142 Å². The predicted molar refractivity (Wildman–Crippen MR) is 183 cm³/mol. The molecule has 0 saturated carbocycles. The molecule has 0 rings (SSSR count).